The maximum atomic E-state index is 12.8. The maximum Gasteiger partial charge on any atom is 0.255 e. The third kappa shape index (κ3) is 4.97. The number of rotatable bonds is 6. The van der Waals surface area contributed by atoms with Crippen molar-refractivity contribution in [2.45, 2.75) is 58.5 Å². The summed E-state index contributed by atoms with van der Waals surface area (Å²) in [6.45, 7) is 6.07. The van der Waals surface area contributed by atoms with Crippen molar-refractivity contribution in [1.82, 2.24) is 10.6 Å². The number of ether oxygens (including phenoxy) is 1. The summed E-state index contributed by atoms with van der Waals surface area (Å²) in [5.41, 5.74) is 0.439. The van der Waals surface area contributed by atoms with Crippen molar-refractivity contribution in [2.24, 2.45) is 11.8 Å². The van der Waals surface area contributed by atoms with Gasteiger partial charge >= 0.3 is 0 Å². The van der Waals surface area contributed by atoms with Gasteiger partial charge < -0.3 is 15.4 Å². The van der Waals surface area contributed by atoms with E-state index in [9.17, 15) is 9.59 Å². The standard InChI is InChI=1S/C20H30N2O3/c1-13(2)18(20(24)21-16-11-7-5-9-14(16)3)22-19(23)15-10-6-8-12-17(15)25-4/h6,8,10,12-14,16,18H,5,7,9,11H2,1-4H3,(H,21,24)(H,22,23). The van der Waals surface area contributed by atoms with Gasteiger partial charge in [0.1, 0.15) is 11.8 Å². The van der Waals surface area contributed by atoms with Crippen molar-refractivity contribution < 1.29 is 14.3 Å². The van der Waals surface area contributed by atoms with Gasteiger partial charge in [0.25, 0.3) is 5.91 Å². The Balaban J connectivity index is 2.07. The molecule has 0 heterocycles. The first-order valence-corrected chi connectivity index (χ1v) is 9.18. The molecular weight excluding hydrogens is 316 g/mol. The van der Waals surface area contributed by atoms with Crippen LogP contribution < -0.4 is 15.4 Å². The number of benzene rings is 1. The quantitative estimate of drug-likeness (QED) is 0.831. The van der Waals surface area contributed by atoms with Crippen LogP contribution in [0.25, 0.3) is 0 Å². The summed E-state index contributed by atoms with van der Waals surface area (Å²) in [5, 5.41) is 6.03. The minimum Gasteiger partial charge on any atom is -0.496 e. The summed E-state index contributed by atoms with van der Waals surface area (Å²) in [6.07, 6.45) is 4.53. The molecule has 1 aliphatic rings. The van der Waals surface area contributed by atoms with Crippen LogP contribution in [0.5, 0.6) is 5.75 Å². The molecule has 25 heavy (non-hydrogen) atoms. The molecule has 1 aromatic rings. The van der Waals surface area contributed by atoms with E-state index in [1.165, 1.54) is 13.5 Å². The van der Waals surface area contributed by atoms with Crippen LogP contribution in [-0.2, 0) is 4.79 Å². The Bertz CT molecular complexity index is 600. The van der Waals surface area contributed by atoms with E-state index in [-0.39, 0.29) is 23.8 Å². The summed E-state index contributed by atoms with van der Waals surface area (Å²) in [4.78, 5) is 25.4. The lowest BCUT2D eigenvalue weighted by Gasteiger charge is -2.32. The molecule has 138 valence electrons. The predicted octanol–water partition coefficient (Wildman–Crippen LogP) is 3.14. The molecule has 5 heteroatoms. The molecule has 0 bridgehead atoms. The van der Waals surface area contributed by atoms with Crippen LogP contribution in [0.4, 0.5) is 0 Å². The van der Waals surface area contributed by atoms with Gasteiger partial charge in [0.15, 0.2) is 0 Å². The monoisotopic (exact) mass is 346 g/mol. The number of hydrogen-bond donors (Lipinski definition) is 2. The molecule has 0 aromatic heterocycles. The first kappa shape index (κ1) is 19.3. The molecule has 2 amide bonds. The second-order valence-corrected chi connectivity index (χ2v) is 7.27. The van der Waals surface area contributed by atoms with Crippen LogP contribution in [0.2, 0.25) is 0 Å². The molecule has 1 saturated carbocycles. The highest BCUT2D eigenvalue weighted by molar-refractivity contribution is 5.99. The predicted molar refractivity (Wildman–Crippen MR) is 98.6 cm³/mol. The van der Waals surface area contributed by atoms with Gasteiger partial charge in [0, 0.05) is 6.04 Å². The molecule has 0 saturated heterocycles. The van der Waals surface area contributed by atoms with E-state index < -0.39 is 6.04 Å². The molecule has 3 unspecified atom stereocenters. The smallest absolute Gasteiger partial charge is 0.255 e. The van der Waals surface area contributed by atoms with Gasteiger partial charge in [-0.3, -0.25) is 9.59 Å². The molecule has 0 aliphatic heterocycles. The Morgan fingerprint density at radius 1 is 1.16 bits per heavy atom. The number of amides is 2. The first-order valence-electron chi connectivity index (χ1n) is 9.18. The zero-order valence-corrected chi connectivity index (χ0v) is 15.7. The van der Waals surface area contributed by atoms with Crippen LogP contribution in [0, 0.1) is 11.8 Å². The van der Waals surface area contributed by atoms with E-state index in [4.69, 9.17) is 4.74 Å². The van der Waals surface area contributed by atoms with Crippen LogP contribution in [0.1, 0.15) is 56.8 Å². The molecule has 1 aliphatic carbocycles. The van der Waals surface area contributed by atoms with Gasteiger partial charge in [-0.05, 0) is 36.8 Å². The van der Waals surface area contributed by atoms with E-state index >= 15 is 0 Å². The topological polar surface area (TPSA) is 67.4 Å². The Morgan fingerprint density at radius 3 is 2.48 bits per heavy atom. The lowest BCUT2D eigenvalue weighted by atomic mass is 9.85. The van der Waals surface area contributed by atoms with Crippen LogP contribution in [-0.4, -0.2) is 31.0 Å². The minimum atomic E-state index is -0.563. The van der Waals surface area contributed by atoms with E-state index in [0.717, 1.165) is 19.3 Å². The van der Waals surface area contributed by atoms with E-state index in [0.29, 0.717) is 17.2 Å². The fourth-order valence-electron chi connectivity index (χ4n) is 3.39. The van der Waals surface area contributed by atoms with E-state index in [2.05, 4.69) is 17.6 Å². The lowest BCUT2D eigenvalue weighted by molar-refractivity contribution is -0.125. The Hall–Kier alpha value is -2.04. The number of carbonyl (C=O) groups is 2. The maximum absolute atomic E-state index is 12.8. The van der Waals surface area contributed by atoms with Gasteiger partial charge in [-0.15, -0.1) is 0 Å². The first-order chi connectivity index (χ1) is 11.9. The zero-order chi connectivity index (χ0) is 18.4. The van der Waals surface area contributed by atoms with E-state index in [1.54, 1.807) is 18.2 Å². The zero-order valence-electron chi connectivity index (χ0n) is 15.7. The average molecular weight is 346 g/mol. The number of nitrogens with one attached hydrogen (secondary N) is 2. The normalized spacial score (nSPS) is 21.5. The highest BCUT2D eigenvalue weighted by atomic mass is 16.5. The van der Waals surface area contributed by atoms with Crippen molar-refractivity contribution >= 4 is 11.8 Å². The molecule has 0 spiro atoms. The molecule has 2 rings (SSSR count). The second kappa shape index (κ2) is 8.88. The fourth-order valence-corrected chi connectivity index (χ4v) is 3.39. The largest absolute Gasteiger partial charge is 0.496 e. The van der Waals surface area contributed by atoms with Crippen molar-refractivity contribution in [3.8, 4) is 5.75 Å². The van der Waals surface area contributed by atoms with Crippen molar-refractivity contribution in [1.29, 1.82) is 0 Å². The molecule has 1 fully saturated rings. The third-order valence-corrected chi connectivity index (χ3v) is 5.03. The summed E-state index contributed by atoms with van der Waals surface area (Å²) in [5.74, 6) is 0.594. The number of methoxy groups -OCH3 is 1. The van der Waals surface area contributed by atoms with Crippen LogP contribution >= 0.6 is 0 Å². The Morgan fingerprint density at radius 2 is 1.84 bits per heavy atom. The third-order valence-electron chi connectivity index (χ3n) is 5.03. The van der Waals surface area contributed by atoms with Gasteiger partial charge in [-0.2, -0.15) is 0 Å². The van der Waals surface area contributed by atoms with Gasteiger partial charge in [0.2, 0.25) is 5.91 Å². The highest BCUT2D eigenvalue weighted by Crippen LogP contribution is 2.24. The van der Waals surface area contributed by atoms with Crippen LogP contribution in [0.3, 0.4) is 0 Å². The lowest BCUT2D eigenvalue weighted by Crippen LogP contribution is -2.53. The van der Waals surface area contributed by atoms with E-state index in [1.807, 2.05) is 19.9 Å². The fraction of sp³-hybridized carbons (Fsp3) is 0.600. The molecular formula is C20H30N2O3. The van der Waals surface area contributed by atoms with Crippen molar-refractivity contribution in [3.05, 3.63) is 29.8 Å². The summed E-state index contributed by atoms with van der Waals surface area (Å²) in [7, 11) is 1.53. The molecule has 5 nitrogen and oxygen atoms in total. The minimum absolute atomic E-state index is 0.00226. The Labute approximate surface area is 150 Å². The molecule has 3 atom stereocenters. The Kier molecular flexibility index (Phi) is 6.85. The van der Waals surface area contributed by atoms with Crippen LogP contribution in [0.15, 0.2) is 24.3 Å². The average Bonchev–Trinajstić information content (AvgIpc) is 2.60. The molecule has 1 aromatic carbocycles. The number of hydrogen-bond acceptors (Lipinski definition) is 3. The number of para-hydroxylation sites is 1. The summed E-state index contributed by atoms with van der Waals surface area (Å²) >= 11 is 0. The number of carbonyl (C=O) groups excluding carboxylic acids is 2. The highest BCUT2D eigenvalue weighted by Gasteiger charge is 2.29. The SMILES string of the molecule is COc1ccccc1C(=O)NC(C(=O)NC1CCCCC1C)C(C)C. The van der Waals surface area contributed by atoms with Gasteiger partial charge in [-0.1, -0.05) is 45.7 Å². The van der Waals surface area contributed by atoms with Gasteiger partial charge in [0.05, 0.1) is 12.7 Å². The molecule has 2 N–H and O–H groups in total. The summed E-state index contributed by atoms with van der Waals surface area (Å²) in [6, 6.07) is 6.67. The van der Waals surface area contributed by atoms with Crippen molar-refractivity contribution in [3.63, 3.8) is 0 Å². The van der Waals surface area contributed by atoms with Gasteiger partial charge in [-0.25, -0.2) is 0 Å². The molecule has 0 radical (unpaired) electrons. The second-order valence-electron chi connectivity index (χ2n) is 7.27. The van der Waals surface area contributed by atoms with Crippen molar-refractivity contribution in [2.75, 3.05) is 7.11 Å². The summed E-state index contributed by atoms with van der Waals surface area (Å²) < 4.78 is 5.24.